The van der Waals surface area contributed by atoms with Crippen molar-refractivity contribution >= 4 is 5.91 Å². The largest absolute Gasteiger partial charge is 0.353 e. The van der Waals surface area contributed by atoms with E-state index in [1.807, 2.05) is 11.5 Å². The molecule has 1 aromatic heterocycles. The van der Waals surface area contributed by atoms with Crippen LogP contribution in [0, 0.1) is 0 Å². The maximum atomic E-state index is 11.6. The first-order valence-corrected chi connectivity index (χ1v) is 6.47. The lowest BCUT2D eigenvalue weighted by Crippen LogP contribution is -2.41. The molecule has 3 N–H and O–H groups in total. The predicted octanol–water partition coefficient (Wildman–Crippen LogP) is 0.645. The quantitative estimate of drug-likeness (QED) is 0.747. The molecule has 102 valence electrons. The molecule has 1 amide bonds. The summed E-state index contributed by atoms with van der Waals surface area (Å²) in [7, 11) is 0. The van der Waals surface area contributed by atoms with Crippen LogP contribution in [0.5, 0.6) is 0 Å². The minimum Gasteiger partial charge on any atom is -0.353 e. The summed E-state index contributed by atoms with van der Waals surface area (Å²) in [5.74, 6) is 1.17. The van der Waals surface area contributed by atoms with Crippen LogP contribution in [-0.4, -0.2) is 33.3 Å². The van der Waals surface area contributed by atoms with Gasteiger partial charge in [-0.15, -0.1) is 10.2 Å². The first-order chi connectivity index (χ1) is 8.56. The molecule has 0 saturated heterocycles. The van der Waals surface area contributed by atoms with E-state index in [0.717, 1.165) is 18.7 Å². The zero-order valence-corrected chi connectivity index (χ0v) is 11.4. The molecule has 1 heterocycles. The maximum Gasteiger partial charge on any atom is 0.236 e. The standard InChI is InChI=1S/C12H23N5O/c1-4-5-10(13)12(18)14-6-7-17-8-15-16-11(17)9(2)3/h8-10H,4-7,13H2,1-3H3,(H,14,18). The van der Waals surface area contributed by atoms with Crippen LogP contribution >= 0.6 is 0 Å². The van der Waals surface area contributed by atoms with Gasteiger partial charge in [0.15, 0.2) is 0 Å². The number of carbonyl (C=O) groups is 1. The molecule has 1 aromatic rings. The highest BCUT2D eigenvalue weighted by molar-refractivity contribution is 5.81. The molecule has 0 bridgehead atoms. The van der Waals surface area contributed by atoms with E-state index >= 15 is 0 Å². The first kappa shape index (κ1) is 14.6. The second-order valence-electron chi connectivity index (χ2n) is 4.72. The second-order valence-corrected chi connectivity index (χ2v) is 4.72. The molecule has 0 aliphatic heterocycles. The van der Waals surface area contributed by atoms with E-state index in [2.05, 4.69) is 29.4 Å². The Morgan fingerprint density at radius 1 is 1.56 bits per heavy atom. The number of amides is 1. The molecule has 0 spiro atoms. The van der Waals surface area contributed by atoms with Gasteiger partial charge in [-0.3, -0.25) is 4.79 Å². The molecule has 0 aliphatic carbocycles. The number of nitrogens with two attached hydrogens (primary N) is 1. The maximum absolute atomic E-state index is 11.6. The molecule has 0 saturated carbocycles. The Balaban J connectivity index is 2.37. The predicted molar refractivity (Wildman–Crippen MR) is 70.0 cm³/mol. The molecule has 1 atom stereocenters. The zero-order valence-electron chi connectivity index (χ0n) is 11.4. The third kappa shape index (κ3) is 4.10. The van der Waals surface area contributed by atoms with Gasteiger partial charge in [0.05, 0.1) is 6.04 Å². The summed E-state index contributed by atoms with van der Waals surface area (Å²) in [5, 5.41) is 10.8. The summed E-state index contributed by atoms with van der Waals surface area (Å²) >= 11 is 0. The lowest BCUT2D eigenvalue weighted by atomic mass is 10.2. The van der Waals surface area contributed by atoms with Crippen molar-refractivity contribution in [3.05, 3.63) is 12.2 Å². The number of nitrogens with zero attached hydrogens (tertiary/aromatic N) is 3. The minimum atomic E-state index is -0.402. The van der Waals surface area contributed by atoms with Crippen molar-refractivity contribution in [3.63, 3.8) is 0 Å². The van der Waals surface area contributed by atoms with Gasteiger partial charge in [-0.1, -0.05) is 27.2 Å². The smallest absolute Gasteiger partial charge is 0.236 e. The van der Waals surface area contributed by atoms with Crippen molar-refractivity contribution in [1.82, 2.24) is 20.1 Å². The topological polar surface area (TPSA) is 85.8 Å². The molecular formula is C12H23N5O. The fraction of sp³-hybridized carbons (Fsp3) is 0.750. The second kappa shape index (κ2) is 7.10. The molecular weight excluding hydrogens is 230 g/mol. The Bertz CT molecular complexity index is 374. The summed E-state index contributed by atoms with van der Waals surface area (Å²) in [6, 6.07) is -0.402. The van der Waals surface area contributed by atoms with E-state index in [0.29, 0.717) is 19.0 Å². The zero-order chi connectivity index (χ0) is 13.5. The number of hydrogen-bond acceptors (Lipinski definition) is 4. The highest BCUT2D eigenvalue weighted by Gasteiger charge is 2.12. The van der Waals surface area contributed by atoms with Crippen molar-refractivity contribution in [2.75, 3.05) is 6.54 Å². The number of carbonyl (C=O) groups excluding carboxylic acids is 1. The van der Waals surface area contributed by atoms with Gasteiger partial charge in [-0.25, -0.2) is 0 Å². The Hall–Kier alpha value is -1.43. The van der Waals surface area contributed by atoms with Crippen LogP contribution in [0.3, 0.4) is 0 Å². The number of rotatable bonds is 7. The fourth-order valence-electron chi connectivity index (χ4n) is 1.76. The van der Waals surface area contributed by atoms with Gasteiger partial charge < -0.3 is 15.6 Å². The summed E-state index contributed by atoms with van der Waals surface area (Å²) in [4.78, 5) is 11.6. The molecule has 18 heavy (non-hydrogen) atoms. The Kier molecular flexibility index (Phi) is 5.77. The van der Waals surface area contributed by atoms with Gasteiger partial charge in [0, 0.05) is 19.0 Å². The van der Waals surface area contributed by atoms with Crippen molar-refractivity contribution in [3.8, 4) is 0 Å². The van der Waals surface area contributed by atoms with E-state index < -0.39 is 6.04 Å². The van der Waals surface area contributed by atoms with E-state index in [1.54, 1.807) is 6.33 Å². The van der Waals surface area contributed by atoms with Crippen molar-refractivity contribution in [2.45, 2.75) is 52.1 Å². The fourth-order valence-corrected chi connectivity index (χ4v) is 1.76. The van der Waals surface area contributed by atoms with Crippen LogP contribution in [0.2, 0.25) is 0 Å². The van der Waals surface area contributed by atoms with E-state index in [4.69, 9.17) is 5.73 Å². The summed E-state index contributed by atoms with van der Waals surface area (Å²) in [6.07, 6.45) is 3.32. The van der Waals surface area contributed by atoms with Gasteiger partial charge >= 0.3 is 0 Å². The molecule has 1 unspecified atom stereocenters. The summed E-state index contributed by atoms with van der Waals surface area (Å²) in [5.41, 5.74) is 5.72. The van der Waals surface area contributed by atoms with Gasteiger partial charge in [-0.05, 0) is 6.42 Å². The van der Waals surface area contributed by atoms with Crippen LogP contribution in [0.15, 0.2) is 6.33 Å². The van der Waals surface area contributed by atoms with Crippen molar-refractivity contribution in [1.29, 1.82) is 0 Å². The van der Waals surface area contributed by atoms with E-state index in [1.165, 1.54) is 0 Å². The number of nitrogens with one attached hydrogen (secondary N) is 1. The molecule has 1 rings (SSSR count). The normalized spacial score (nSPS) is 12.7. The Morgan fingerprint density at radius 2 is 2.28 bits per heavy atom. The summed E-state index contributed by atoms with van der Waals surface area (Å²) in [6.45, 7) is 7.37. The summed E-state index contributed by atoms with van der Waals surface area (Å²) < 4.78 is 1.95. The van der Waals surface area contributed by atoms with E-state index in [-0.39, 0.29) is 5.91 Å². The molecule has 0 radical (unpaired) electrons. The lowest BCUT2D eigenvalue weighted by Gasteiger charge is -2.12. The van der Waals surface area contributed by atoms with Gasteiger partial charge in [-0.2, -0.15) is 0 Å². The average Bonchev–Trinajstić information content (AvgIpc) is 2.77. The van der Waals surface area contributed by atoms with Crippen LogP contribution in [0.1, 0.15) is 45.4 Å². The van der Waals surface area contributed by atoms with Gasteiger partial charge in [0.25, 0.3) is 0 Å². The van der Waals surface area contributed by atoms with Crippen LogP contribution in [0.4, 0.5) is 0 Å². The van der Waals surface area contributed by atoms with Crippen molar-refractivity contribution < 1.29 is 4.79 Å². The highest BCUT2D eigenvalue weighted by Crippen LogP contribution is 2.09. The Morgan fingerprint density at radius 3 is 2.89 bits per heavy atom. The average molecular weight is 253 g/mol. The number of aromatic nitrogens is 3. The number of hydrogen-bond donors (Lipinski definition) is 2. The SMILES string of the molecule is CCCC(N)C(=O)NCCn1cnnc1C(C)C. The molecule has 6 heteroatoms. The molecule has 0 aromatic carbocycles. The Labute approximate surface area is 108 Å². The third-order valence-electron chi connectivity index (χ3n) is 2.75. The minimum absolute atomic E-state index is 0.0870. The van der Waals surface area contributed by atoms with Crippen molar-refractivity contribution in [2.24, 2.45) is 5.73 Å². The van der Waals surface area contributed by atoms with Crippen LogP contribution in [-0.2, 0) is 11.3 Å². The van der Waals surface area contributed by atoms with Gasteiger partial charge in [0.1, 0.15) is 12.2 Å². The van der Waals surface area contributed by atoms with Crippen LogP contribution < -0.4 is 11.1 Å². The monoisotopic (exact) mass is 253 g/mol. The molecule has 0 aliphatic rings. The first-order valence-electron chi connectivity index (χ1n) is 6.47. The lowest BCUT2D eigenvalue weighted by molar-refractivity contribution is -0.122. The van der Waals surface area contributed by atoms with Crippen LogP contribution in [0.25, 0.3) is 0 Å². The highest BCUT2D eigenvalue weighted by atomic mass is 16.2. The van der Waals surface area contributed by atoms with E-state index in [9.17, 15) is 4.79 Å². The van der Waals surface area contributed by atoms with Gasteiger partial charge in [0.2, 0.25) is 5.91 Å². The third-order valence-corrected chi connectivity index (χ3v) is 2.75. The molecule has 6 nitrogen and oxygen atoms in total. The molecule has 0 fully saturated rings.